The standard InChI is InChI=1S/C8H17N3OS/c1-2-3-4-7-13(12)8-5-6-10-11-9/h2-8H2,1H3. The number of azide groups is 1. The Kier molecular flexibility index (Phi) is 9.15. The molecule has 0 aliphatic carbocycles. The van der Waals surface area contributed by atoms with E-state index in [2.05, 4.69) is 16.9 Å². The van der Waals surface area contributed by atoms with Crippen LogP contribution in [-0.2, 0) is 10.8 Å². The van der Waals surface area contributed by atoms with Gasteiger partial charge in [-0.15, -0.1) is 0 Å². The summed E-state index contributed by atoms with van der Waals surface area (Å²) in [5.74, 6) is 1.47. The zero-order valence-electron chi connectivity index (χ0n) is 8.11. The average Bonchev–Trinajstić information content (AvgIpc) is 2.13. The number of hydrogen-bond donors (Lipinski definition) is 0. The highest BCUT2D eigenvalue weighted by atomic mass is 32.2. The third kappa shape index (κ3) is 9.37. The van der Waals surface area contributed by atoms with E-state index < -0.39 is 10.8 Å². The van der Waals surface area contributed by atoms with Gasteiger partial charge in [0.1, 0.15) is 0 Å². The summed E-state index contributed by atoms with van der Waals surface area (Å²) in [7, 11) is -0.708. The molecule has 0 bridgehead atoms. The van der Waals surface area contributed by atoms with Gasteiger partial charge in [0.15, 0.2) is 0 Å². The van der Waals surface area contributed by atoms with Gasteiger partial charge < -0.3 is 0 Å². The number of hydrogen-bond acceptors (Lipinski definition) is 2. The van der Waals surface area contributed by atoms with Crippen LogP contribution in [0.4, 0.5) is 0 Å². The third-order valence-corrected chi connectivity index (χ3v) is 3.16. The van der Waals surface area contributed by atoms with E-state index in [1.165, 1.54) is 0 Å². The molecule has 0 rings (SSSR count). The fourth-order valence-corrected chi connectivity index (χ4v) is 2.14. The normalized spacial score (nSPS) is 12.1. The van der Waals surface area contributed by atoms with Gasteiger partial charge in [-0.1, -0.05) is 24.9 Å². The van der Waals surface area contributed by atoms with Crippen LogP contribution in [0.2, 0.25) is 0 Å². The molecule has 0 heterocycles. The Hall–Kier alpha value is -0.540. The van der Waals surface area contributed by atoms with E-state index in [0.717, 1.165) is 31.4 Å². The molecule has 0 N–H and O–H groups in total. The van der Waals surface area contributed by atoms with Crippen LogP contribution in [0.1, 0.15) is 32.6 Å². The Morgan fingerprint density at radius 3 is 2.62 bits per heavy atom. The van der Waals surface area contributed by atoms with Crippen molar-refractivity contribution in [1.29, 1.82) is 0 Å². The summed E-state index contributed by atoms with van der Waals surface area (Å²) in [5.41, 5.74) is 7.99. The van der Waals surface area contributed by atoms with Crippen LogP contribution in [-0.4, -0.2) is 22.3 Å². The van der Waals surface area contributed by atoms with Gasteiger partial charge in [0.2, 0.25) is 0 Å². The zero-order chi connectivity index (χ0) is 9.94. The maximum Gasteiger partial charge on any atom is 0.0266 e. The van der Waals surface area contributed by atoms with Gasteiger partial charge in [-0.05, 0) is 18.4 Å². The SMILES string of the molecule is CCCCCS(=O)CCCN=[N+]=[N-]. The Labute approximate surface area is 81.8 Å². The Balaban J connectivity index is 3.24. The second-order valence-electron chi connectivity index (χ2n) is 2.86. The smallest absolute Gasteiger partial charge is 0.0266 e. The fourth-order valence-electron chi connectivity index (χ4n) is 0.956. The average molecular weight is 203 g/mol. The summed E-state index contributed by atoms with van der Waals surface area (Å²) in [5, 5.41) is 3.39. The monoisotopic (exact) mass is 203 g/mol. The molecule has 76 valence electrons. The van der Waals surface area contributed by atoms with Crippen LogP contribution in [0.3, 0.4) is 0 Å². The predicted octanol–water partition coefficient (Wildman–Crippen LogP) is 2.63. The third-order valence-electron chi connectivity index (χ3n) is 1.67. The minimum absolute atomic E-state index is 0.468. The minimum atomic E-state index is -0.708. The Morgan fingerprint density at radius 2 is 2.00 bits per heavy atom. The van der Waals surface area contributed by atoms with Crippen molar-refractivity contribution in [3.63, 3.8) is 0 Å². The van der Waals surface area contributed by atoms with Crippen molar-refractivity contribution in [1.82, 2.24) is 0 Å². The quantitative estimate of drug-likeness (QED) is 0.259. The maximum absolute atomic E-state index is 11.3. The van der Waals surface area contributed by atoms with Crippen molar-refractivity contribution >= 4 is 10.8 Å². The first-order valence-electron chi connectivity index (χ1n) is 4.67. The largest absolute Gasteiger partial charge is 0.260 e. The first kappa shape index (κ1) is 12.5. The summed E-state index contributed by atoms with van der Waals surface area (Å²) in [6.45, 7) is 2.60. The van der Waals surface area contributed by atoms with E-state index in [1.54, 1.807) is 0 Å². The molecule has 0 fully saturated rings. The summed E-state index contributed by atoms with van der Waals surface area (Å²) in [6.07, 6.45) is 4.10. The van der Waals surface area contributed by atoms with E-state index in [4.69, 9.17) is 5.53 Å². The molecule has 0 saturated carbocycles. The van der Waals surface area contributed by atoms with Crippen molar-refractivity contribution in [3.8, 4) is 0 Å². The highest BCUT2D eigenvalue weighted by molar-refractivity contribution is 7.84. The molecule has 0 saturated heterocycles. The molecule has 5 heteroatoms. The molecule has 0 aromatic carbocycles. The van der Waals surface area contributed by atoms with Gasteiger partial charge in [0.25, 0.3) is 0 Å². The summed E-state index contributed by atoms with van der Waals surface area (Å²) >= 11 is 0. The molecule has 0 radical (unpaired) electrons. The molecule has 4 nitrogen and oxygen atoms in total. The zero-order valence-corrected chi connectivity index (χ0v) is 8.92. The van der Waals surface area contributed by atoms with E-state index in [0.29, 0.717) is 12.3 Å². The van der Waals surface area contributed by atoms with Crippen molar-refractivity contribution < 1.29 is 4.21 Å². The highest BCUT2D eigenvalue weighted by Gasteiger charge is 1.97. The van der Waals surface area contributed by atoms with E-state index >= 15 is 0 Å². The molecule has 0 aromatic rings. The van der Waals surface area contributed by atoms with E-state index in [1.807, 2.05) is 0 Å². The lowest BCUT2D eigenvalue weighted by Crippen LogP contribution is -2.03. The van der Waals surface area contributed by atoms with Crippen LogP contribution in [0.5, 0.6) is 0 Å². The van der Waals surface area contributed by atoms with Gasteiger partial charge in [-0.2, -0.15) is 0 Å². The first-order chi connectivity index (χ1) is 6.31. The second kappa shape index (κ2) is 9.55. The van der Waals surface area contributed by atoms with Crippen LogP contribution >= 0.6 is 0 Å². The number of rotatable bonds is 8. The lowest BCUT2D eigenvalue weighted by atomic mass is 10.3. The summed E-state index contributed by atoms with van der Waals surface area (Å²) in [4.78, 5) is 2.63. The van der Waals surface area contributed by atoms with Crippen molar-refractivity contribution in [2.75, 3.05) is 18.1 Å². The van der Waals surface area contributed by atoms with Gasteiger partial charge in [0.05, 0.1) is 0 Å². The van der Waals surface area contributed by atoms with Crippen LogP contribution in [0.25, 0.3) is 10.4 Å². The molecule has 1 atom stereocenters. The number of unbranched alkanes of at least 4 members (excludes halogenated alkanes) is 2. The molecular weight excluding hydrogens is 186 g/mol. The van der Waals surface area contributed by atoms with Crippen molar-refractivity contribution in [2.24, 2.45) is 5.11 Å². The molecule has 0 spiro atoms. The van der Waals surface area contributed by atoms with Gasteiger partial charge in [-0.3, -0.25) is 4.21 Å². The number of nitrogens with zero attached hydrogens (tertiary/aromatic N) is 3. The molecule has 0 aromatic heterocycles. The van der Waals surface area contributed by atoms with Crippen molar-refractivity contribution in [2.45, 2.75) is 32.6 Å². The lowest BCUT2D eigenvalue weighted by molar-refractivity contribution is 0.673. The fraction of sp³-hybridized carbons (Fsp3) is 1.00. The van der Waals surface area contributed by atoms with Crippen LogP contribution < -0.4 is 0 Å². The summed E-state index contributed by atoms with van der Waals surface area (Å²) < 4.78 is 11.3. The van der Waals surface area contributed by atoms with Gasteiger partial charge in [0, 0.05) is 33.8 Å². The van der Waals surface area contributed by atoms with E-state index in [9.17, 15) is 4.21 Å². The highest BCUT2D eigenvalue weighted by Crippen LogP contribution is 1.98. The maximum atomic E-state index is 11.3. The lowest BCUT2D eigenvalue weighted by Gasteiger charge is -1.99. The Morgan fingerprint density at radius 1 is 1.31 bits per heavy atom. The molecule has 13 heavy (non-hydrogen) atoms. The van der Waals surface area contributed by atoms with Crippen LogP contribution in [0.15, 0.2) is 5.11 Å². The van der Waals surface area contributed by atoms with Gasteiger partial charge in [-0.25, -0.2) is 0 Å². The second-order valence-corrected chi connectivity index (χ2v) is 4.56. The molecule has 0 amide bonds. The van der Waals surface area contributed by atoms with Crippen LogP contribution in [0, 0.1) is 0 Å². The molecule has 0 aliphatic heterocycles. The van der Waals surface area contributed by atoms with E-state index in [-0.39, 0.29) is 0 Å². The first-order valence-corrected chi connectivity index (χ1v) is 6.16. The summed E-state index contributed by atoms with van der Waals surface area (Å²) in [6, 6.07) is 0. The Bertz CT molecular complexity index is 190. The molecule has 0 aliphatic rings. The van der Waals surface area contributed by atoms with Crippen molar-refractivity contribution in [3.05, 3.63) is 10.4 Å². The molecule has 1 unspecified atom stereocenters. The topological polar surface area (TPSA) is 65.8 Å². The van der Waals surface area contributed by atoms with Gasteiger partial charge >= 0.3 is 0 Å². The predicted molar refractivity (Wildman–Crippen MR) is 56.0 cm³/mol. The minimum Gasteiger partial charge on any atom is -0.260 e. The molecular formula is C8H17N3OS.